The van der Waals surface area contributed by atoms with Crippen LogP contribution in [0.4, 0.5) is 5.82 Å². The molecule has 0 aliphatic carbocycles. The molecule has 0 spiro atoms. The predicted molar refractivity (Wildman–Crippen MR) is 101 cm³/mol. The van der Waals surface area contributed by atoms with E-state index in [1.807, 2.05) is 12.3 Å². The molecule has 2 aromatic rings. The molecular weight excluding hydrogens is 372 g/mol. The summed E-state index contributed by atoms with van der Waals surface area (Å²) >= 11 is 0. The van der Waals surface area contributed by atoms with Crippen molar-refractivity contribution in [3.05, 3.63) is 18.6 Å². The first-order valence-electron chi connectivity index (χ1n) is 8.94. The molecule has 10 nitrogen and oxygen atoms in total. The summed E-state index contributed by atoms with van der Waals surface area (Å²) < 4.78 is 28.8. The van der Waals surface area contributed by atoms with Crippen molar-refractivity contribution in [1.29, 1.82) is 0 Å². The molecule has 0 saturated carbocycles. The highest BCUT2D eigenvalue weighted by molar-refractivity contribution is 7.86. The maximum Gasteiger partial charge on any atom is 0.290 e. The summed E-state index contributed by atoms with van der Waals surface area (Å²) in [5, 5.41) is 6.89. The van der Waals surface area contributed by atoms with Crippen molar-refractivity contribution < 1.29 is 18.3 Å². The number of hydrogen-bond donors (Lipinski definition) is 2. The molecule has 2 N–H and O–H groups in total. The third-order valence-electron chi connectivity index (χ3n) is 4.80. The van der Waals surface area contributed by atoms with Crippen molar-refractivity contribution in [2.75, 3.05) is 44.2 Å². The number of nitrogens with zero attached hydrogens (tertiary/aromatic N) is 5. The molecule has 2 saturated heterocycles. The molecule has 11 heteroatoms. The van der Waals surface area contributed by atoms with Crippen molar-refractivity contribution in [2.45, 2.75) is 19.3 Å². The van der Waals surface area contributed by atoms with Gasteiger partial charge in [-0.2, -0.15) is 17.0 Å². The summed E-state index contributed by atoms with van der Waals surface area (Å²) in [7, 11) is -3.32. The van der Waals surface area contributed by atoms with E-state index < -0.39 is 10.2 Å². The van der Waals surface area contributed by atoms with Gasteiger partial charge >= 0.3 is 0 Å². The van der Waals surface area contributed by atoms with E-state index in [1.54, 1.807) is 14.9 Å². The van der Waals surface area contributed by atoms with E-state index in [0.717, 1.165) is 42.7 Å². The number of hydrogen-bond acceptors (Lipinski definition) is 6. The van der Waals surface area contributed by atoms with E-state index in [2.05, 4.69) is 19.9 Å². The lowest BCUT2D eigenvalue weighted by Gasteiger charge is -2.26. The Balaban J connectivity index is 0.000000659. The van der Waals surface area contributed by atoms with Crippen LogP contribution in [-0.2, 0) is 15.0 Å². The summed E-state index contributed by atoms with van der Waals surface area (Å²) in [6.45, 7) is 3.53. The summed E-state index contributed by atoms with van der Waals surface area (Å²) in [4.78, 5) is 22.4. The highest BCUT2D eigenvalue weighted by Crippen LogP contribution is 2.24. The predicted octanol–water partition coefficient (Wildman–Crippen LogP) is 0.511. The maximum atomic E-state index is 12.8. The van der Waals surface area contributed by atoms with Gasteiger partial charge in [-0.15, -0.1) is 0 Å². The van der Waals surface area contributed by atoms with Crippen molar-refractivity contribution in [1.82, 2.24) is 23.6 Å². The average Bonchev–Trinajstić information content (AvgIpc) is 3.30. The molecule has 0 unspecified atom stereocenters. The number of carboxylic acid groups (broad SMARTS) is 1. The van der Waals surface area contributed by atoms with E-state index in [4.69, 9.17) is 9.90 Å². The quantitative estimate of drug-likeness (QED) is 0.725. The van der Waals surface area contributed by atoms with E-state index in [-0.39, 0.29) is 6.47 Å². The van der Waals surface area contributed by atoms with Gasteiger partial charge in [0.05, 0.1) is 5.52 Å². The topological polar surface area (TPSA) is 123 Å². The van der Waals surface area contributed by atoms with Gasteiger partial charge in [0.25, 0.3) is 16.7 Å². The Morgan fingerprint density at radius 3 is 2.41 bits per heavy atom. The summed E-state index contributed by atoms with van der Waals surface area (Å²) in [5.74, 6) is 0.852. The normalized spacial score (nSPS) is 19.5. The summed E-state index contributed by atoms with van der Waals surface area (Å²) in [6, 6.07) is 1.92. The van der Waals surface area contributed by atoms with Crippen molar-refractivity contribution in [3.63, 3.8) is 0 Å². The van der Waals surface area contributed by atoms with E-state index in [9.17, 15) is 8.42 Å². The lowest BCUT2D eigenvalue weighted by Crippen LogP contribution is -2.44. The minimum absolute atomic E-state index is 0.250. The van der Waals surface area contributed by atoms with Crippen LogP contribution < -0.4 is 4.90 Å². The molecule has 2 aromatic heterocycles. The van der Waals surface area contributed by atoms with Crippen LogP contribution in [0, 0.1) is 0 Å². The van der Waals surface area contributed by atoms with Gasteiger partial charge < -0.3 is 15.0 Å². The van der Waals surface area contributed by atoms with Gasteiger partial charge in [0.15, 0.2) is 5.82 Å². The van der Waals surface area contributed by atoms with Crippen LogP contribution in [0.15, 0.2) is 18.6 Å². The van der Waals surface area contributed by atoms with Crippen LogP contribution in [0.5, 0.6) is 0 Å². The Labute approximate surface area is 158 Å². The molecule has 2 aliphatic rings. The number of nitrogens with one attached hydrogen (secondary N) is 1. The summed E-state index contributed by atoms with van der Waals surface area (Å²) in [5.41, 5.74) is 1.79. The van der Waals surface area contributed by atoms with Gasteiger partial charge in [0, 0.05) is 45.5 Å². The van der Waals surface area contributed by atoms with E-state index in [1.165, 1.54) is 0 Å². The number of aromatic nitrogens is 3. The molecule has 0 radical (unpaired) electrons. The smallest absolute Gasteiger partial charge is 0.290 e. The fourth-order valence-corrected chi connectivity index (χ4v) is 5.23. The van der Waals surface area contributed by atoms with Gasteiger partial charge in [0.1, 0.15) is 11.8 Å². The lowest BCUT2D eigenvalue weighted by molar-refractivity contribution is -0.122. The molecule has 27 heavy (non-hydrogen) atoms. The Hall–Kier alpha value is -2.24. The van der Waals surface area contributed by atoms with Crippen LogP contribution in [0.25, 0.3) is 11.0 Å². The minimum Gasteiger partial charge on any atom is -0.483 e. The van der Waals surface area contributed by atoms with Crippen molar-refractivity contribution in [3.8, 4) is 0 Å². The zero-order valence-electron chi connectivity index (χ0n) is 15.0. The first-order chi connectivity index (χ1) is 13.1. The van der Waals surface area contributed by atoms with Crippen molar-refractivity contribution >= 4 is 33.5 Å². The van der Waals surface area contributed by atoms with E-state index in [0.29, 0.717) is 32.7 Å². The monoisotopic (exact) mass is 396 g/mol. The number of aromatic amines is 1. The molecule has 0 aromatic carbocycles. The van der Waals surface area contributed by atoms with Gasteiger partial charge in [-0.1, -0.05) is 0 Å². The molecule has 4 rings (SSSR count). The van der Waals surface area contributed by atoms with Crippen LogP contribution >= 0.6 is 0 Å². The number of fused-ring (bicyclic) bond motifs is 1. The second-order valence-corrected chi connectivity index (χ2v) is 8.32. The standard InChI is InChI=1S/C15H22N6O2S.CH2O2/c22-24(23,20-7-1-2-8-20)21-9-3-6-19(10-11-21)15-14-13(4-5-16-14)17-12-18-15;2-1-3/h4-5,12,16H,1-3,6-11H2;1H,(H,2,3). The van der Waals surface area contributed by atoms with Crippen molar-refractivity contribution in [2.24, 2.45) is 0 Å². The fourth-order valence-electron chi connectivity index (χ4n) is 3.52. The minimum atomic E-state index is -3.32. The molecule has 0 atom stereocenters. The highest BCUT2D eigenvalue weighted by atomic mass is 32.2. The Morgan fingerprint density at radius 1 is 1.00 bits per heavy atom. The maximum absolute atomic E-state index is 12.8. The molecule has 4 heterocycles. The zero-order valence-corrected chi connectivity index (χ0v) is 15.8. The third kappa shape index (κ3) is 4.20. The van der Waals surface area contributed by atoms with Crippen LogP contribution in [0.3, 0.4) is 0 Å². The van der Waals surface area contributed by atoms with Gasteiger partial charge in [-0.05, 0) is 25.3 Å². The van der Waals surface area contributed by atoms with Gasteiger partial charge in [-0.3, -0.25) is 4.79 Å². The number of carbonyl (C=O) groups is 1. The second-order valence-electron chi connectivity index (χ2n) is 6.39. The second kappa shape index (κ2) is 8.63. The number of H-pyrrole nitrogens is 1. The van der Waals surface area contributed by atoms with Crippen LogP contribution in [0.1, 0.15) is 19.3 Å². The van der Waals surface area contributed by atoms with E-state index >= 15 is 0 Å². The third-order valence-corrected chi connectivity index (χ3v) is 6.83. The zero-order chi connectivity index (χ0) is 19.3. The molecule has 2 aliphatic heterocycles. The first-order valence-corrected chi connectivity index (χ1v) is 10.3. The average molecular weight is 396 g/mol. The Morgan fingerprint density at radius 2 is 1.67 bits per heavy atom. The summed E-state index contributed by atoms with van der Waals surface area (Å²) in [6.07, 6.45) is 6.13. The SMILES string of the molecule is O=CO.O=S(=O)(N1CCCC1)N1CCCN(c2ncnc3cc[nH]c23)CC1. The fraction of sp³-hybridized carbons (Fsp3) is 0.562. The molecule has 0 bridgehead atoms. The first kappa shape index (κ1) is 19.5. The number of rotatable bonds is 3. The Kier molecular flexibility index (Phi) is 6.24. The van der Waals surface area contributed by atoms with Crippen LogP contribution in [-0.4, -0.2) is 82.8 Å². The molecule has 0 amide bonds. The molecular formula is C16H24N6O4S. The molecule has 148 valence electrons. The van der Waals surface area contributed by atoms with Crippen LogP contribution in [0.2, 0.25) is 0 Å². The number of anilines is 1. The van der Waals surface area contributed by atoms with Gasteiger partial charge in [-0.25, -0.2) is 9.97 Å². The lowest BCUT2D eigenvalue weighted by atomic mass is 10.3. The molecule has 2 fully saturated rings. The van der Waals surface area contributed by atoms with Gasteiger partial charge in [0.2, 0.25) is 0 Å². The Bertz CT molecular complexity index is 865. The highest BCUT2D eigenvalue weighted by Gasteiger charge is 2.33. The largest absolute Gasteiger partial charge is 0.483 e.